The summed E-state index contributed by atoms with van der Waals surface area (Å²) in [5, 5.41) is 2.76. The third-order valence-electron chi connectivity index (χ3n) is 4.43. The van der Waals surface area contributed by atoms with Crippen LogP contribution < -0.4 is 10.1 Å². The number of alkyl halides is 3. The first-order valence-corrected chi connectivity index (χ1v) is 9.06. The Balaban J connectivity index is 1.50. The topological polar surface area (TPSA) is 60.5 Å². The zero-order valence-corrected chi connectivity index (χ0v) is 15.2. The Labute approximate surface area is 160 Å². The molecular formula is C20H21F3N2O3. The van der Waals surface area contributed by atoms with Crippen molar-refractivity contribution >= 4 is 5.91 Å². The Morgan fingerprint density at radius 1 is 1.18 bits per heavy atom. The molecule has 1 aromatic carbocycles. The van der Waals surface area contributed by atoms with E-state index in [-0.39, 0.29) is 12.0 Å². The minimum atomic E-state index is -4.35. The number of benzene rings is 1. The fourth-order valence-corrected chi connectivity index (χ4v) is 2.86. The smallest absolute Gasteiger partial charge is 0.416 e. The molecule has 0 unspecified atom stereocenters. The number of hydrogen-bond acceptors (Lipinski definition) is 4. The van der Waals surface area contributed by atoms with Gasteiger partial charge in [-0.15, -0.1) is 0 Å². The van der Waals surface area contributed by atoms with Crippen LogP contribution in [0, 0.1) is 0 Å². The van der Waals surface area contributed by atoms with Gasteiger partial charge in [0, 0.05) is 37.2 Å². The molecule has 3 rings (SSSR count). The minimum absolute atomic E-state index is 0.0271. The summed E-state index contributed by atoms with van der Waals surface area (Å²) in [4.78, 5) is 16.4. The summed E-state index contributed by atoms with van der Waals surface area (Å²) in [5.41, 5.74) is 0.449. The number of amides is 1. The fourth-order valence-electron chi connectivity index (χ4n) is 2.86. The van der Waals surface area contributed by atoms with Crippen molar-refractivity contribution in [1.29, 1.82) is 0 Å². The van der Waals surface area contributed by atoms with Crippen molar-refractivity contribution in [3.63, 3.8) is 0 Å². The quantitative estimate of drug-likeness (QED) is 0.813. The van der Waals surface area contributed by atoms with Crippen molar-refractivity contribution in [3.05, 3.63) is 59.3 Å². The summed E-state index contributed by atoms with van der Waals surface area (Å²) in [6.45, 7) is 1.60. The Bertz CT molecular complexity index is 788. The van der Waals surface area contributed by atoms with Gasteiger partial charge >= 0.3 is 6.18 Å². The molecule has 0 atom stereocenters. The lowest BCUT2D eigenvalue weighted by Gasteiger charge is -2.22. The van der Waals surface area contributed by atoms with Gasteiger partial charge in [-0.3, -0.25) is 4.79 Å². The van der Waals surface area contributed by atoms with Gasteiger partial charge in [0.25, 0.3) is 5.91 Å². The van der Waals surface area contributed by atoms with E-state index in [1.807, 2.05) is 0 Å². The van der Waals surface area contributed by atoms with E-state index in [4.69, 9.17) is 9.47 Å². The molecule has 0 radical (unpaired) electrons. The van der Waals surface area contributed by atoms with Crippen LogP contribution in [-0.2, 0) is 17.3 Å². The van der Waals surface area contributed by atoms with E-state index in [1.165, 1.54) is 18.3 Å². The molecule has 1 fully saturated rings. The van der Waals surface area contributed by atoms with Gasteiger partial charge in [-0.1, -0.05) is 12.1 Å². The summed E-state index contributed by atoms with van der Waals surface area (Å²) in [6, 6.07) is 8.09. The molecule has 0 bridgehead atoms. The maximum absolute atomic E-state index is 12.6. The molecule has 8 heteroatoms. The largest absolute Gasteiger partial charge is 0.474 e. The SMILES string of the molecule is O=C(NCCc1ccc(C(F)(F)F)cc1)c1ccnc(OC2CCOCC2)c1. The van der Waals surface area contributed by atoms with Crippen LogP contribution in [0.3, 0.4) is 0 Å². The number of nitrogens with zero attached hydrogens (tertiary/aromatic N) is 1. The first-order valence-electron chi connectivity index (χ1n) is 9.06. The number of pyridine rings is 1. The summed E-state index contributed by atoms with van der Waals surface area (Å²) in [7, 11) is 0. The molecule has 28 heavy (non-hydrogen) atoms. The zero-order chi connectivity index (χ0) is 20.0. The standard InChI is InChI=1S/C20H21F3N2O3/c21-20(22,23)16-3-1-14(2-4-16)5-9-25-19(26)15-6-10-24-18(13-15)28-17-7-11-27-12-8-17/h1-4,6,10,13,17H,5,7-9,11-12H2,(H,25,26). The second-order valence-corrected chi connectivity index (χ2v) is 6.51. The highest BCUT2D eigenvalue weighted by atomic mass is 19.4. The summed E-state index contributed by atoms with van der Waals surface area (Å²) < 4.78 is 48.8. The zero-order valence-electron chi connectivity index (χ0n) is 15.2. The van der Waals surface area contributed by atoms with Crippen LogP contribution in [0.25, 0.3) is 0 Å². The molecule has 1 amide bonds. The van der Waals surface area contributed by atoms with E-state index in [0.29, 0.717) is 43.2 Å². The summed E-state index contributed by atoms with van der Waals surface area (Å²) in [5.74, 6) is 0.105. The Morgan fingerprint density at radius 3 is 2.57 bits per heavy atom. The van der Waals surface area contributed by atoms with Gasteiger partial charge in [0.2, 0.25) is 5.88 Å². The van der Waals surface area contributed by atoms with Gasteiger partial charge in [-0.05, 0) is 30.2 Å². The third-order valence-corrected chi connectivity index (χ3v) is 4.43. The van der Waals surface area contributed by atoms with Crippen LogP contribution in [0.1, 0.15) is 34.3 Å². The monoisotopic (exact) mass is 394 g/mol. The van der Waals surface area contributed by atoms with Crippen LogP contribution in [0.5, 0.6) is 5.88 Å². The lowest BCUT2D eigenvalue weighted by atomic mass is 10.1. The highest BCUT2D eigenvalue weighted by molar-refractivity contribution is 5.94. The molecule has 2 heterocycles. The number of carbonyl (C=O) groups excluding carboxylic acids is 1. The minimum Gasteiger partial charge on any atom is -0.474 e. The van der Waals surface area contributed by atoms with E-state index >= 15 is 0 Å². The van der Waals surface area contributed by atoms with Crippen LogP contribution in [0.2, 0.25) is 0 Å². The number of hydrogen-bond donors (Lipinski definition) is 1. The van der Waals surface area contributed by atoms with Crippen molar-refractivity contribution < 1.29 is 27.4 Å². The Kier molecular flexibility index (Phi) is 6.51. The number of carbonyl (C=O) groups is 1. The fraction of sp³-hybridized carbons (Fsp3) is 0.400. The second-order valence-electron chi connectivity index (χ2n) is 6.51. The van der Waals surface area contributed by atoms with Gasteiger partial charge in [0.15, 0.2) is 0 Å². The van der Waals surface area contributed by atoms with Crippen LogP contribution in [0.4, 0.5) is 13.2 Å². The highest BCUT2D eigenvalue weighted by Crippen LogP contribution is 2.29. The first kappa shape index (κ1) is 20.1. The van der Waals surface area contributed by atoms with E-state index < -0.39 is 11.7 Å². The van der Waals surface area contributed by atoms with Gasteiger partial charge in [0.1, 0.15) is 6.10 Å². The predicted octanol–water partition coefficient (Wildman–Crippen LogP) is 3.63. The lowest BCUT2D eigenvalue weighted by molar-refractivity contribution is -0.137. The maximum atomic E-state index is 12.6. The van der Waals surface area contributed by atoms with Crippen LogP contribution >= 0.6 is 0 Å². The number of nitrogens with one attached hydrogen (secondary N) is 1. The first-order chi connectivity index (χ1) is 13.4. The molecule has 0 aliphatic carbocycles. The lowest BCUT2D eigenvalue weighted by Crippen LogP contribution is -2.27. The second kappa shape index (κ2) is 9.05. The number of ether oxygens (including phenoxy) is 2. The Morgan fingerprint density at radius 2 is 1.89 bits per heavy atom. The van der Waals surface area contributed by atoms with E-state index in [0.717, 1.165) is 25.0 Å². The molecule has 0 spiro atoms. The molecule has 1 N–H and O–H groups in total. The van der Waals surface area contributed by atoms with Gasteiger partial charge in [-0.25, -0.2) is 4.98 Å². The maximum Gasteiger partial charge on any atom is 0.416 e. The molecule has 0 saturated carbocycles. The van der Waals surface area contributed by atoms with Crippen molar-refractivity contribution in [2.45, 2.75) is 31.5 Å². The molecule has 5 nitrogen and oxygen atoms in total. The molecule has 150 valence electrons. The summed E-state index contributed by atoms with van der Waals surface area (Å²) in [6.07, 6.45) is -0.811. The van der Waals surface area contributed by atoms with Crippen molar-refractivity contribution in [2.75, 3.05) is 19.8 Å². The number of aromatic nitrogens is 1. The molecule has 2 aromatic rings. The Hall–Kier alpha value is -2.61. The molecular weight excluding hydrogens is 373 g/mol. The van der Waals surface area contributed by atoms with E-state index in [2.05, 4.69) is 10.3 Å². The van der Waals surface area contributed by atoms with Crippen LogP contribution in [-0.4, -0.2) is 36.8 Å². The molecule has 1 aliphatic rings. The molecule has 1 aliphatic heterocycles. The average Bonchev–Trinajstić information content (AvgIpc) is 2.68. The normalized spacial score (nSPS) is 15.2. The molecule has 1 aromatic heterocycles. The summed E-state index contributed by atoms with van der Waals surface area (Å²) >= 11 is 0. The van der Waals surface area contributed by atoms with Gasteiger partial charge < -0.3 is 14.8 Å². The predicted molar refractivity (Wildman–Crippen MR) is 96.2 cm³/mol. The molecule has 1 saturated heterocycles. The van der Waals surface area contributed by atoms with Crippen LogP contribution in [0.15, 0.2) is 42.6 Å². The van der Waals surface area contributed by atoms with Gasteiger partial charge in [0.05, 0.1) is 18.8 Å². The van der Waals surface area contributed by atoms with Crippen molar-refractivity contribution in [2.24, 2.45) is 0 Å². The van der Waals surface area contributed by atoms with E-state index in [1.54, 1.807) is 12.1 Å². The number of halogens is 3. The average molecular weight is 394 g/mol. The number of rotatable bonds is 6. The van der Waals surface area contributed by atoms with Gasteiger partial charge in [-0.2, -0.15) is 13.2 Å². The highest BCUT2D eigenvalue weighted by Gasteiger charge is 2.29. The van der Waals surface area contributed by atoms with Crippen molar-refractivity contribution in [1.82, 2.24) is 10.3 Å². The van der Waals surface area contributed by atoms with E-state index in [9.17, 15) is 18.0 Å². The van der Waals surface area contributed by atoms with Crippen molar-refractivity contribution in [3.8, 4) is 5.88 Å². The third kappa shape index (κ3) is 5.69.